The van der Waals surface area contributed by atoms with Crippen molar-refractivity contribution < 1.29 is 17.6 Å². The molecule has 0 saturated heterocycles. The maximum absolute atomic E-state index is 13.7. The molecule has 5 nitrogen and oxygen atoms in total. The van der Waals surface area contributed by atoms with E-state index in [-0.39, 0.29) is 23.0 Å². The van der Waals surface area contributed by atoms with Gasteiger partial charge in [0.1, 0.15) is 5.82 Å². The maximum Gasteiger partial charge on any atom is 0.239 e. The van der Waals surface area contributed by atoms with E-state index in [0.29, 0.717) is 6.54 Å². The van der Waals surface area contributed by atoms with Gasteiger partial charge in [0.25, 0.3) is 0 Å². The van der Waals surface area contributed by atoms with Gasteiger partial charge in [-0.2, -0.15) is 0 Å². The van der Waals surface area contributed by atoms with E-state index < -0.39 is 15.7 Å². The van der Waals surface area contributed by atoms with Crippen molar-refractivity contribution in [3.63, 3.8) is 0 Å². The van der Waals surface area contributed by atoms with E-state index in [1.54, 1.807) is 0 Å². The molecule has 2 aromatic rings. The Balaban J connectivity index is 1.94. The van der Waals surface area contributed by atoms with Crippen LogP contribution in [0.3, 0.4) is 0 Å². The number of amides is 1. The summed E-state index contributed by atoms with van der Waals surface area (Å²) in [5.74, 6) is -0.939. The van der Waals surface area contributed by atoms with Crippen LogP contribution in [0.4, 0.5) is 10.1 Å². The second kappa shape index (κ2) is 7.23. The van der Waals surface area contributed by atoms with E-state index in [2.05, 4.69) is 10.6 Å². The smallest absolute Gasteiger partial charge is 0.239 e. The van der Waals surface area contributed by atoms with Gasteiger partial charge in [0.2, 0.25) is 5.91 Å². The van der Waals surface area contributed by atoms with Crippen LogP contribution in [0.2, 0.25) is 0 Å². The summed E-state index contributed by atoms with van der Waals surface area (Å²) in [5.41, 5.74) is 0.925. The molecule has 0 aliphatic heterocycles. The van der Waals surface area contributed by atoms with Gasteiger partial charge in [0, 0.05) is 12.8 Å². The number of hydrogen-bond acceptors (Lipinski definition) is 4. The summed E-state index contributed by atoms with van der Waals surface area (Å²) in [5, 5.41) is 5.30. The molecule has 2 aromatic carbocycles. The molecule has 2 N–H and O–H groups in total. The van der Waals surface area contributed by atoms with E-state index >= 15 is 0 Å². The zero-order chi connectivity index (χ0) is 16.9. The maximum atomic E-state index is 13.7. The molecule has 0 unspecified atom stereocenters. The van der Waals surface area contributed by atoms with Crippen molar-refractivity contribution in [3.8, 4) is 0 Å². The molecule has 122 valence electrons. The lowest BCUT2D eigenvalue weighted by molar-refractivity contribution is -0.119. The summed E-state index contributed by atoms with van der Waals surface area (Å²) in [6.07, 6.45) is 1.04. The molecule has 0 atom stereocenters. The van der Waals surface area contributed by atoms with Gasteiger partial charge in [-0.3, -0.25) is 4.79 Å². The Morgan fingerprint density at radius 3 is 2.48 bits per heavy atom. The molecule has 0 aromatic heterocycles. The van der Waals surface area contributed by atoms with Crippen molar-refractivity contribution in [2.45, 2.75) is 11.4 Å². The molecule has 0 bridgehead atoms. The lowest BCUT2D eigenvalue weighted by Crippen LogP contribution is -2.29. The SMILES string of the molecule is CS(=O)(=O)c1ccc(F)c(NCC(=O)NCc2ccccc2)c1. The van der Waals surface area contributed by atoms with Crippen LogP contribution >= 0.6 is 0 Å². The minimum absolute atomic E-state index is 0.00825. The molecule has 0 radical (unpaired) electrons. The largest absolute Gasteiger partial charge is 0.374 e. The molecule has 0 spiro atoms. The van der Waals surface area contributed by atoms with Crippen molar-refractivity contribution in [3.05, 3.63) is 59.9 Å². The monoisotopic (exact) mass is 336 g/mol. The van der Waals surface area contributed by atoms with E-state index in [1.807, 2.05) is 30.3 Å². The van der Waals surface area contributed by atoms with Crippen LogP contribution in [0.1, 0.15) is 5.56 Å². The first-order valence-corrected chi connectivity index (χ1v) is 8.79. The molecule has 23 heavy (non-hydrogen) atoms. The van der Waals surface area contributed by atoms with Crippen LogP contribution in [-0.4, -0.2) is 27.1 Å². The number of carbonyl (C=O) groups excluding carboxylic acids is 1. The topological polar surface area (TPSA) is 75.3 Å². The third-order valence-electron chi connectivity index (χ3n) is 3.14. The molecule has 2 rings (SSSR count). The Morgan fingerprint density at radius 1 is 1.13 bits per heavy atom. The Bertz CT molecular complexity index is 792. The molecular formula is C16H17FN2O3S. The molecule has 0 saturated carbocycles. The van der Waals surface area contributed by atoms with Gasteiger partial charge in [0.05, 0.1) is 17.1 Å². The van der Waals surface area contributed by atoms with Gasteiger partial charge >= 0.3 is 0 Å². The van der Waals surface area contributed by atoms with Crippen molar-refractivity contribution in [1.29, 1.82) is 0 Å². The Hall–Kier alpha value is -2.41. The predicted molar refractivity (Wildman–Crippen MR) is 86.3 cm³/mol. The Labute approximate surface area is 134 Å². The van der Waals surface area contributed by atoms with Crippen LogP contribution in [0.25, 0.3) is 0 Å². The summed E-state index contributed by atoms with van der Waals surface area (Å²) < 4.78 is 36.6. The number of carbonyl (C=O) groups is 1. The highest BCUT2D eigenvalue weighted by Gasteiger charge is 2.11. The summed E-state index contributed by atoms with van der Waals surface area (Å²) in [4.78, 5) is 11.8. The number of sulfone groups is 1. The van der Waals surface area contributed by atoms with Crippen molar-refractivity contribution in [2.75, 3.05) is 18.1 Å². The van der Waals surface area contributed by atoms with Gasteiger partial charge < -0.3 is 10.6 Å². The summed E-state index contributed by atoms with van der Waals surface area (Å²) >= 11 is 0. The summed E-state index contributed by atoms with van der Waals surface area (Å²) in [6, 6.07) is 12.8. The first-order chi connectivity index (χ1) is 10.9. The van der Waals surface area contributed by atoms with E-state index in [1.165, 1.54) is 12.1 Å². The average Bonchev–Trinajstić information content (AvgIpc) is 2.52. The molecule has 7 heteroatoms. The Kier molecular flexibility index (Phi) is 5.33. The number of rotatable bonds is 6. The van der Waals surface area contributed by atoms with E-state index in [0.717, 1.165) is 17.9 Å². The number of hydrogen-bond donors (Lipinski definition) is 2. The van der Waals surface area contributed by atoms with Crippen LogP contribution in [0, 0.1) is 5.82 Å². The summed E-state index contributed by atoms with van der Waals surface area (Å²) in [6.45, 7) is 0.212. The summed E-state index contributed by atoms with van der Waals surface area (Å²) in [7, 11) is -3.43. The normalized spacial score (nSPS) is 11.0. The molecule has 1 amide bonds. The van der Waals surface area contributed by atoms with Crippen LogP contribution < -0.4 is 10.6 Å². The highest BCUT2D eigenvalue weighted by Crippen LogP contribution is 2.19. The minimum atomic E-state index is -3.43. The third kappa shape index (κ3) is 5.07. The van der Waals surface area contributed by atoms with Crippen LogP contribution in [-0.2, 0) is 21.2 Å². The minimum Gasteiger partial charge on any atom is -0.374 e. The predicted octanol–water partition coefficient (Wildman–Crippen LogP) is 1.96. The fraction of sp³-hybridized carbons (Fsp3) is 0.188. The zero-order valence-corrected chi connectivity index (χ0v) is 13.4. The lowest BCUT2D eigenvalue weighted by Gasteiger charge is -2.10. The van der Waals surface area contributed by atoms with Gasteiger partial charge in [-0.15, -0.1) is 0 Å². The van der Waals surface area contributed by atoms with E-state index in [4.69, 9.17) is 0 Å². The number of benzene rings is 2. The van der Waals surface area contributed by atoms with Crippen molar-refractivity contribution >= 4 is 21.4 Å². The third-order valence-corrected chi connectivity index (χ3v) is 4.25. The fourth-order valence-corrected chi connectivity index (χ4v) is 2.55. The number of nitrogens with one attached hydrogen (secondary N) is 2. The van der Waals surface area contributed by atoms with Crippen LogP contribution in [0.15, 0.2) is 53.4 Å². The number of halogens is 1. The molecule has 0 aliphatic carbocycles. The zero-order valence-electron chi connectivity index (χ0n) is 12.5. The van der Waals surface area contributed by atoms with Gasteiger partial charge in [-0.25, -0.2) is 12.8 Å². The average molecular weight is 336 g/mol. The highest BCUT2D eigenvalue weighted by molar-refractivity contribution is 7.90. The fourth-order valence-electron chi connectivity index (χ4n) is 1.91. The van der Waals surface area contributed by atoms with Crippen molar-refractivity contribution in [1.82, 2.24) is 5.32 Å². The highest BCUT2D eigenvalue weighted by atomic mass is 32.2. The van der Waals surface area contributed by atoms with Crippen molar-refractivity contribution in [2.24, 2.45) is 0 Å². The quantitative estimate of drug-likeness (QED) is 0.791. The lowest BCUT2D eigenvalue weighted by atomic mass is 10.2. The first-order valence-electron chi connectivity index (χ1n) is 6.90. The molecular weight excluding hydrogens is 319 g/mol. The second-order valence-electron chi connectivity index (χ2n) is 5.03. The first kappa shape index (κ1) is 17.0. The Morgan fingerprint density at radius 2 is 1.83 bits per heavy atom. The van der Waals surface area contributed by atoms with E-state index in [9.17, 15) is 17.6 Å². The standard InChI is InChI=1S/C16H17FN2O3S/c1-23(21,22)13-7-8-14(17)15(9-13)18-11-16(20)19-10-12-5-3-2-4-6-12/h2-9,18H,10-11H2,1H3,(H,19,20). The van der Waals surface area contributed by atoms with Gasteiger partial charge in [0.15, 0.2) is 9.84 Å². The number of anilines is 1. The molecule has 0 heterocycles. The molecule has 0 aliphatic rings. The van der Waals surface area contributed by atoms with Gasteiger partial charge in [-0.1, -0.05) is 30.3 Å². The second-order valence-corrected chi connectivity index (χ2v) is 7.05. The van der Waals surface area contributed by atoms with Gasteiger partial charge in [-0.05, 0) is 23.8 Å². The molecule has 0 fully saturated rings. The van der Waals surface area contributed by atoms with Crippen LogP contribution in [0.5, 0.6) is 0 Å².